The molecular formula is C10H8FNO. The van der Waals surface area contributed by atoms with Gasteiger partial charge in [-0.1, -0.05) is 0 Å². The van der Waals surface area contributed by atoms with Gasteiger partial charge in [-0.25, -0.2) is 4.39 Å². The number of halogens is 1. The minimum atomic E-state index is -0.286. The van der Waals surface area contributed by atoms with Crippen LogP contribution in [-0.4, -0.2) is 4.57 Å². The highest BCUT2D eigenvalue weighted by Gasteiger charge is 1.99. The smallest absolute Gasteiger partial charge is 0.250 e. The molecule has 1 heterocycles. The third-order valence-corrected chi connectivity index (χ3v) is 2.09. The first-order valence-corrected chi connectivity index (χ1v) is 3.94. The molecule has 0 bridgehead atoms. The van der Waals surface area contributed by atoms with Crippen LogP contribution >= 0.6 is 0 Å². The average Bonchev–Trinajstić information content (AvgIpc) is 2.12. The lowest BCUT2D eigenvalue weighted by Crippen LogP contribution is -2.14. The molecule has 0 spiro atoms. The summed E-state index contributed by atoms with van der Waals surface area (Å²) < 4.78 is 14.3. The quantitative estimate of drug-likeness (QED) is 0.600. The molecule has 0 aliphatic heterocycles. The molecule has 3 heteroatoms. The number of rotatable bonds is 0. The van der Waals surface area contributed by atoms with Crippen molar-refractivity contribution in [3.63, 3.8) is 0 Å². The molecular weight excluding hydrogens is 169 g/mol. The predicted octanol–water partition coefficient (Wildman–Crippen LogP) is 1.68. The lowest BCUT2D eigenvalue weighted by Gasteiger charge is -2.02. The van der Waals surface area contributed by atoms with Gasteiger partial charge < -0.3 is 4.57 Å². The average molecular weight is 177 g/mol. The molecule has 2 rings (SSSR count). The molecule has 0 amide bonds. The first-order valence-electron chi connectivity index (χ1n) is 3.94. The molecule has 1 aromatic carbocycles. The highest BCUT2D eigenvalue weighted by molar-refractivity contribution is 5.78. The maximum Gasteiger partial charge on any atom is 0.250 e. The van der Waals surface area contributed by atoms with Crippen LogP contribution in [-0.2, 0) is 7.05 Å². The van der Waals surface area contributed by atoms with Gasteiger partial charge >= 0.3 is 0 Å². The topological polar surface area (TPSA) is 22.0 Å². The van der Waals surface area contributed by atoms with Crippen LogP contribution in [0.25, 0.3) is 10.9 Å². The van der Waals surface area contributed by atoms with Crippen LogP contribution in [0.3, 0.4) is 0 Å². The summed E-state index contributed by atoms with van der Waals surface area (Å²) in [6.45, 7) is 0. The normalized spacial score (nSPS) is 10.6. The lowest BCUT2D eigenvalue weighted by molar-refractivity contribution is 0.629. The van der Waals surface area contributed by atoms with Gasteiger partial charge in [0.05, 0.1) is 5.52 Å². The second-order valence-electron chi connectivity index (χ2n) is 2.93. The lowest BCUT2D eigenvalue weighted by atomic mass is 10.2. The maximum absolute atomic E-state index is 12.8. The van der Waals surface area contributed by atoms with E-state index < -0.39 is 0 Å². The van der Waals surface area contributed by atoms with Gasteiger partial charge in [-0.15, -0.1) is 0 Å². The van der Waals surface area contributed by atoms with Crippen molar-refractivity contribution in [3.05, 3.63) is 46.5 Å². The van der Waals surface area contributed by atoms with E-state index in [1.54, 1.807) is 19.2 Å². The third-order valence-electron chi connectivity index (χ3n) is 2.09. The monoisotopic (exact) mass is 177 g/mol. The van der Waals surface area contributed by atoms with Crippen molar-refractivity contribution in [1.29, 1.82) is 0 Å². The minimum Gasteiger partial charge on any atom is -0.311 e. The number of pyridine rings is 1. The second-order valence-corrected chi connectivity index (χ2v) is 2.93. The Hall–Kier alpha value is -1.64. The van der Waals surface area contributed by atoms with E-state index in [2.05, 4.69) is 0 Å². The molecule has 0 aliphatic rings. The molecule has 0 atom stereocenters. The fraction of sp³-hybridized carbons (Fsp3) is 0.100. The van der Waals surface area contributed by atoms with Gasteiger partial charge in [-0.2, -0.15) is 0 Å². The van der Waals surface area contributed by atoms with Crippen molar-refractivity contribution in [2.45, 2.75) is 0 Å². The zero-order chi connectivity index (χ0) is 9.42. The van der Waals surface area contributed by atoms with Crippen LogP contribution < -0.4 is 5.56 Å². The highest BCUT2D eigenvalue weighted by Crippen LogP contribution is 2.12. The fourth-order valence-corrected chi connectivity index (χ4v) is 1.36. The van der Waals surface area contributed by atoms with Gasteiger partial charge in [0, 0.05) is 18.5 Å². The minimum absolute atomic E-state index is 0.0842. The van der Waals surface area contributed by atoms with E-state index in [4.69, 9.17) is 0 Å². The highest BCUT2D eigenvalue weighted by atomic mass is 19.1. The van der Waals surface area contributed by atoms with E-state index in [9.17, 15) is 9.18 Å². The van der Waals surface area contributed by atoms with Gasteiger partial charge in [0.15, 0.2) is 0 Å². The number of hydrogen-bond donors (Lipinski definition) is 0. The van der Waals surface area contributed by atoms with Crippen molar-refractivity contribution < 1.29 is 4.39 Å². The number of fused-ring (bicyclic) bond motifs is 1. The molecule has 0 saturated carbocycles. The number of nitrogens with zero attached hydrogens (tertiary/aromatic N) is 1. The number of aryl methyl sites for hydroxylation is 1. The van der Waals surface area contributed by atoms with Crippen molar-refractivity contribution in [2.75, 3.05) is 0 Å². The summed E-state index contributed by atoms with van der Waals surface area (Å²) in [7, 11) is 1.67. The summed E-state index contributed by atoms with van der Waals surface area (Å²) in [6, 6.07) is 7.42. The second kappa shape index (κ2) is 2.69. The summed E-state index contributed by atoms with van der Waals surface area (Å²) in [5, 5.41) is 0.738. The largest absolute Gasteiger partial charge is 0.311 e. The molecule has 0 unspecified atom stereocenters. The Labute approximate surface area is 74.2 Å². The summed E-state index contributed by atoms with van der Waals surface area (Å²) in [4.78, 5) is 11.2. The molecule has 0 aliphatic carbocycles. The van der Waals surface area contributed by atoms with Crippen molar-refractivity contribution in [1.82, 2.24) is 4.57 Å². The zero-order valence-corrected chi connectivity index (χ0v) is 7.12. The zero-order valence-electron chi connectivity index (χ0n) is 7.12. The first kappa shape index (κ1) is 7.98. The van der Waals surface area contributed by atoms with E-state index in [0.29, 0.717) is 0 Å². The third kappa shape index (κ3) is 1.22. The standard InChI is InChI=1S/C10H8FNO/c1-12-9-4-3-8(11)6-7(9)2-5-10(12)13/h2-6H,1H3. The molecule has 66 valence electrons. The molecule has 2 aromatic rings. The Morgan fingerprint density at radius 1 is 1.23 bits per heavy atom. The van der Waals surface area contributed by atoms with Crippen LogP contribution in [0.1, 0.15) is 0 Å². The molecule has 13 heavy (non-hydrogen) atoms. The molecule has 0 radical (unpaired) electrons. The Kier molecular flexibility index (Phi) is 1.65. The van der Waals surface area contributed by atoms with Gasteiger partial charge in [-0.05, 0) is 24.3 Å². The summed E-state index contributed by atoms with van der Waals surface area (Å²) >= 11 is 0. The van der Waals surface area contributed by atoms with E-state index in [1.165, 1.54) is 22.8 Å². The van der Waals surface area contributed by atoms with Crippen molar-refractivity contribution >= 4 is 10.9 Å². The van der Waals surface area contributed by atoms with Crippen LogP contribution in [0.2, 0.25) is 0 Å². The van der Waals surface area contributed by atoms with E-state index in [1.807, 2.05) is 0 Å². The Morgan fingerprint density at radius 3 is 2.77 bits per heavy atom. The van der Waals surface area contributed by atoms with E-state index in [0.717, 1.165) is 10.9 Å². The maximum atomic E-state index is 12.8. The Morgan fingerprint density at radius 2 is 2.00 bits per heavy atom. The van der Waals surface area contributed by atoms with Crippen molar-refractivity contribution in [3.8, 4) is 0 Å². The first-order chi connectivity index (χ1) is 6.18. The molecule has 0 fully saturated rings. The van der Waals surface area contributed by atoms with Crippen molar-refractivity contribution in [2.24, 2.45) is 7.05 Å². The predicted molar refractivity (Wildman–Crippen MR) is 49.1 cm³/mol. The molecule has 0 N–H and O–H groups in total. The molecule has 1 aromatic heterocycles. The van der Waals surface area contributed by atoms with Crippen LogP contribution in [0.15, 0.2) is 35.1 Å². The van der Waals surface area contributed by atoms with Crippen LogP contribution in [0.4, 0.5) is 4.39 Å². The SMILES string of the molecule is Cn1c(=O)ccc2cc(F)ccc21. The summed E-state index contributed by atoms with van der Waals surface area (Å²) in [5.74, 6) is -0.286. The summed E-state index contributed by atoms with van der Waals surface area (Å²) in [5.41, 5.74) is 0.660. The van der Waals surface area contributed by atoms with Gasteiger partial charge in [0.25, 0.3) is 5.56 Å². The molecule has 0 saturated heterocycles. The number of aromatic nitrogens is 1. The van der Waals surface area contributed by atoms with E-state index >= 15 is 0 Å². The van der Waals surface area contributed by atoms with Gasteiger partial charge in [-0.3, -0.25) is 4.79 Å². The van der Waals surface area contributed by atoms with Gasteiger partial charge in [0.2, 0.25) is 0 Å². The van der Waals surface area contributed by atoms with Gasteiger partial charge in [0.1, 0.15) is 5.82 Å². The number of hydrogen-bond acceptors (Lipinski definition) is 1. The summed E-state index contributed by atoms with van der Waals surface area (Å²) in [6.07, 6.45) is 0. The Bertz CT molecular complexity index is 516. The van der Waals surface area contributed by atoms with E-state index in [-0.39, 0.29) is 11.4 Å². The fourth-order valence-electron chi connectivity index (χ4n) is 1.36. The van der Waals surface area contributed by atoms with Crippen LogP contribution in [0.5, 0.6) is 0 Å². The van der Waals surface area contributed by atoms with Crippen LogP contribution in [0, 0.1) is 5.82 Å². The molecule has 2 nitrogen and oxygen atoms in total. The Balaban J connectivity index is 2.95. The number of benzene rings is 1.